The van der Waals surface area contributed by atoms with Crippen LogP contribution in [0.25, 0.3) is 0 Å². The Hall–Kier alpha value is -2.48. The van der Waals surface area contributed by atoms with Gasteiger partial charge in [-0.1, -0.05) is 23.4 Å². The van der Waals surface area contributed by atoms with E-state index in [9.17, 15) is 9.59 Å². The molecule has 1 aromatic carbocycles. The Bertz CT molecular complexity index is 721. The van der Waals surface area contributed by atoms with Gasteiger partial charge in [0.05, 0.1) is 11.5 Å². The van der Waals surface area contributed by atoms with Gasteiger partial charge in [-0.25, -0.2) is 0 Å². The maximum Gasteiger partial charge on any atom is 0.235 e. The number of para-hydroxylation sites is 1. The average molecular weight is 391 g/mol. The van der Waals surface area contributed by atoms with Crippen molar-refractivity contribution in [3.05, 3.63) is 42.2 Å². The Kier molecular flexibility index (Phi) is 8.70. The van der Waals surface area contributed by atoms with Crippen molar-refractivity contribution in [2.45, 2.75) is 20.3 Å². The fourth-order valence-corrected chi connectivity index (χ4v) is 3.15. The second-order valence-electron chi connectivity index (χ2n) is 5.98. The number of carbonyl (C=O) groups is 2. The standard InChI is InChI=1S/C19H26N4O3S/c1-3-23(16-8-5-4-6-9-16)11-7-10-20-18(24)13-27-14-19(25)21-17-12-15(2)26-22-17/h4-6,8-9,12H,3,7,10-11,13-14H2,1-2H3,(H,20,24)(H,21,22,25). The highest BCUT2D eigenvalue weighted by atomic mass is 32.2. The molecule has 0 radical (unpaired) electrons. The molecule has 27 heavy (non-hydrogen) atoms. The first-order valence-corrected chi connectivity index (χ1v) is 10.1. The van der Waals surface area contributed by atoms with Crippen molar-refractivity contribution in [2.75, 3.05) is 41.4 Å². The van der Waals surface area contributed by atoms with E-state index in [0.717, 1.165) is 19.5 Å². The van der Waals surface area contributed by atoms with Crippen LogP contribution in [0.3, 0.4) is 0 Å². The van der Waals surface area contributed by atoms with E-state index in [1.807, 2.05) is 18.2 Å². The van der Waals surface area contributed by atoms with E-state index in [1.165, 1.54) is 17.4 Å². The fourth-order valence-electron chi connectivity index (χ4n) is 2.50. The lowest BCUT2D eigenvalue weighted by Crippen LogP contribution is -2.31. The summed E-state index contributed by atoms with van der Waals surface area (Å²) in [5.41, 5.74) is 1.19. The zero-order valence-corrected chi connectivity index (χ0v) is 16.6. The van der Waals surface area contributed by atoms with E-state index in [2.05, 4.69) is 39.7 Å². The van der Waals surface area contributed by atoms with Gasteiger partial charge < -0.3 is 20.1 Å². The number of nitrogens with one attached hydrogen (secondary N) is 2. The van der Waals surface area contributed by atoms with Gasteiger partial charge in [0.15, 0.2) is 5.82 Å². The van der Waals surface area contributed by atoms with Gasteiger partial charge >= 0.3 is 0 Å². The van der Waals surface area contributed by atoms with Crippen molar-refractivity contribution in [2.24, 2.45) is 0 Å². The predicted octanol–water partition coefficient (Wildman–Crippen LogP) is 2.69. The minimum atomic E-state index is -0.206. The van der Waals surface area contributed by atoms with Crippen molar-refractivity contribution in [3.8, 4) is 0 Å². The van der Waals surface area contributed by atoms with Crippen LogP contribution in [0.15, 0.2) is 40.9 Å². The molecule has 0 saturated carbocycles. The molecule has 2 N–H and O–H groups in total. The van der Waals surface area contributed by atoms with Gasteiger partial charge in [-0.3, -0.25) is 9.59 Å². The Morgan fingerprint density at radius 2 is 1.93 bits per heavy atom. The molecule has 2 rings (SSSR count). The van der Waals surface area contributed by atoms with Crippen LogP contribution in [-0.4, -0.2) is 48.1 Å². The fraction of sp³-hybridized carbons (Fsp3) is 0.421. The second-order valence-corrected chi connectivity index (χ2v) is 6.97. The van der Waals surface area contributed by atoms with Crippen molar-refractivity contribution >= 4 is 35.1 Å². The summed E-state index contributed by atoms with van der Waals surface area (Å²) in [6.07, 6.45) is 0.866. The lowest BCUT2D eigenvalue weighted by Gasteiger charge is -2.23. The SMILES string of the molecule is CCN(CCCNC(=O)CSCC(=O)Nc1cc(C)on1)c1ccccc1. The highest BCUT2D eigenvalue weighted by Gasteiger charge is 2.08. The molecule has 7 nitrogen and oxygen atoms in total. The molecular formula is C19H26N4O3S. The van der Waals surface area contributed by atoms with Crippen LogP contribution in [0.5, 0.6) is 0 Å². The Morgan fingerprint density at radius 3 is 2.59 bits per heavy atom. The smallest absolute Gasteiger partial charge is 0.235 e. The van der Waals surface area contributed by atoms with Crippen LogP contribution in [0.4, 0.5) is 11.5 Å². The lowest BCUT2D eigenvalue weighted by molar-refractivity contribution is -0.118. The van der Waals surface area contributed by atoms with Gasteiger partial charge in [-0.2, -0.15) is 0 Å². The third kappa shape index (κ3) is 7.74. The summed E-state index contributed by atoms with van der Waals surface area (Å²) >= 11 is 1.27. The topological polar surface area (TPSA) is 87.5 Å². The van der Waals surface area contributed by atoms with Gasteiger partial charge in [0, 0.05) is 31.4 Å². The third-order valence-electron chi connectivity index (χ3n) is 3.79. The van der Waals surface area contributed by atoms with E-state index in [0.29, 0.717) is 18.1 Å². The van der Waals surface area contributed by atoms with Crippen LogP contribution in [0.1, 0.15) is 19.1 Å². The third-order valence-corrected chi connectivity index (χ3v) is 4.72. The highest BCUT2D eigenvalue weighted by Crippen LogP contribution is 2.12. The first kappa shape index (κ1) is 20.8. The molecule has 0 aliphatic heterocycles. The summed E-state index contributed by atoms with van der Waals surface area (Å²) in [7, 11) is 0. The van der Waals surface area contributed by atoms with Crippen LogP contribution >= 0.6 is 11.8 Å². The minimum absolute atomic E-state index is 0.0622. The number of aromatic nitrogens is 1. The van der Waals surface area contributed by atoms with Crippen LogP contribution in [-0.2, 0) is 9.59 Å². The van der Waals surface area contributed by atoms with E-state index in [1.54, 1.807) is 13.0 Å². The molecule has 8 heteroatoms. The van der Waals surface area contributed by atoms with Gasteiger partial charge in [0.2, 0.25) is 11.8 Å². The monoisotopic (exact) mass is 390 g/mol. The van der Waals surface area contributed by atoms with Crippen molar-refractivity contribution < 1.29 is 14.1 Å². The number of anilines is 2. The second kappa shape index (κ2) is 11.3. The Morgan fingerprint density at radius 1 is 1.19 bits per heavy atom. The summed E-state index contributed by atoms with van der Waals surface area (Å²) in [5, 5.41) is 9.21. The largest absolute Gasteiger partial charge is 0.372 e. The molecule has 0 bridgehead atoms. The molecule has 0 unspecified atom stereocenters. The van der Waals surface area contributed by atoms with Gasteiger partial charge in [0.1, 0.15) is 5.76 Å². The van der Waals surface area contributed by atoms with E-state index in [-0.39, 0.29) is 23.3 Å². The van der Waals surface area contributed by atoms with Crippen LogP contribution < -0.4 is 15.5 Å². The number of hydrogen-bond acceptors (Lipinski definition) is 6. The normalized spacial score (nSPS) is 10.4. The van der Waals surface area contributed by atoms with Crippen LogP contribution in [0.2, 0.25) is 0 Å². The summed E-state index contributed by atoms with van der Waals surface area (Å²) in [6, 6.07) is 11.9. The summed E-state index contributed by atoms with van der Waals surface area (Å²) in [5.74, 6) is 1.20. The predicted molar refractivity (Wildman–Crippen MR) is 109 cm³/mol. The zero-order valence-electron chi connectivity index (χ0n) is 15.7. The average Bonchev–Trinajstić information content (AvgIpc) is 3.07. The van der Waals surface area contributed by atoms with Crippen molar-refractivity contribution in [1.29, 1.82) is 0 Å². The van der Waals surface area contributed by atoms with Gasteiger partial charge in [-0.05, 0) is 32.4 Å². The number of hydrogen-bond donors (Lipinski definition) is 2. The Labute approximate surface area is 163 Å². The number of aryl methyl sites for hydroxylation is 1. The zero-order chi connectivity index (χ0) is 19.5. The highest BCUT2D eigenvalue weighted by molar-refractivity contribution is 8.00. The van der Waals surface area contributed by atoms with E-state index in [4.69, 9.17) is 4.52 Å². The minimum Gasteiger partial charge on any atom is -0.372 e. The quantitative estimate of drug-likeness (QED) is 0.574. The molecule has 0 aliphatic carbocycles. The molecular weight excluding hydrogens is 364 g/mol. The number of benzene rings is 1. The maximum absolute atomic E-state index is 11.9. The molecule has 2 aromatic rings. The van der Waals surface area contributed by atoms with E-state index < -0.39 is 0 Å². The summed E-state index contributed by atoms with van der Waals surface area (Å²) < 4.78 is 4.88. The van der Waals surface area contributed by atoms with Crippen molar-refractivity contribution in [1.82, 2.24) is 10.5 Å². The molecule has 146 valence electrons. The molecule has 0 fully saturated rings. The first-order chi connectivity index (χ1) is 13.1. The molecule has 1 aromatic heterocycles. The number of carbonyl (C=O) groups excluding carboxylic acids is 2. The molecule has 0 aliphatic rings. The molecule has 1 heterocycles. The lowest BCUT2D eigenvalue weighted by atomic mass is 10.2. The molecule has 2 amide bonds. The molecule has 0 atom stereocenters. The van der Waals surface area contributed by atoms with Gasteiger partial charge in [-0.15, -0.1) is 11.8 Å². The maximum atomic E-state index is 11.9. The van der Waals surface area contributed by atoms with Gasteiger partial charge in [0.25, 0.3) is 0 Å². The first-order valence-electron chi connectivity index (χ1n) is 8.96. The molecule has 0 saturated heterocycles. The number of rotatable bonds is 11. The summed E-state index contributed by atoms with van der Waals surface area (Å²) in [6.45, 7) is 6.30. The number of thioether (sulfide) groups is 1. The molecule has 0 spiro atoms. The van der Waals surface area contributed by atoms with Crippen molar-refractivity contribution in [3.63, 3.8) is 0 Å². The van der Waals surface area contributed by atoms with Crippen LogP contribution in [0, 0.1) is 6.92 Å². The van der Waals surface area contributed by atoms with E-state index >= 15 is 0 Å². The summed E-state index contributed by atoms with van der Waals surface area (Å²) in [4.78, 5) is 25.9. The Balaban J connectivity index is 1.56. The number of amides is 2. The number of nitrogens with zero attached hydrogens (tertiary/aromatic N) is 2.